The predicted octanol–water partition coefficient (Wildman–Crippen LogP) is 4.26. The molecule has 0 aliphatic rings. The molecule has 0 saturated heterocycles. The second-order valence-corrected chi connectivity index (χ2v) is 5.19. The van der Waals surface area contributed by atoms with Gasteiger partial charge in [-0.15, -0.1) is 0 Å². The van der Waals surface area contributed by atoms with Crippen LogP contribution in [-0.4, -0.2) is 12.1 Å². The summed E-state index contributed by atoms with van der Waals surface area (Å²) in [4.78, 5) is 11.8. The number of nitrogens with one attached hydrogen (secondary N) is 1. The van der Waals surface area contributed by atoms with Crippen molar-refractivity contribution >= 4 is 12.1 Å². The van der Waals surface area contributed by atoms with Gasteiger partial charge in [-0.3, -0.25) is 4.79 Å². The molecule has 3 nitrogen and oxygen atoms in total. The smallest absolute Gasteiger partial charge is 0.267 e. The van der Waals surface area contributed by atoms with Gasteiger partial charge in [0.1, 0.15) is 5.82 Å². The molecular formula is C20H15FN2O. The number of carbonyl (C=O) groups excluding carboxylic acids is 1. The Hall–Kier alpha value is -3.27. The van der Waals surface area contributed by atoms with Gasteiger partial charge in [-0.2, -0.15) is 5.10 Å². The average Bonchev–Trinajstić information content (AvgIpc) is 2.63. The largest absolute Gasteiger partial charge is 0.271 e. The highest BCUT2D eigenvalue weighted by Crippen LogP contribution is 2.18. The Kier molecular flexibility index (Phi) is 4.77. The minimum Gasteiger partial charge on any atom is -0.267 e. The SMILES string of the molecule is O=C(N/N=C\c1ccc(-c2ccccc2)cc1)c1ccc(F)cc1. The van der Waals surface area contributed by atoms with E-state index in [2.05, 4.69) is 10.5 Å². The fourth-order valence-electron chi connectivity index (χ4n) is 2.22. The van der Waals surface area contributed by atoms with E-state index in [1.54, 1.807) is 6.21 Å². The molecule has 3 aromatic rings. The van der Waals surface area contributed by atoms with Crippen LogP contribution in [0.3, 0.4) is 0 Å². The van der Waals surface area contributed by atoms with E-state index in [-0.39, 0.29) is 11.7 Å². The van der Waals surface area contributed by atoms with E-state index >= 15 is 0 Å². The van der Waals surface area contributed by atoms with E-state index in [1.807, 2.05) is 54.6 Å². The average molecular weight is 318 g/mol. The van der Waals surface area contributed by atoms with Crippen LogP contribution in [0.1, 0.15) is 15.9 Å². The van der Waals surface area contributed by atoms with Gasteiger partial charge in [0.05, 0.1) is 6.21 Å². The Labute approximate surface area is 139 Å². The summed E-state index contributed by atoms with van der Waals surface area (Å²) in [6, 6.07) is 23.2. The van der Waals surface area contributed by atoms with E-state index in [4.69, 9.17) is 0 Å². The van der Waals surface area contributed by atoms with Gasteiger partial charge in [0.15, 0.2) is 0 Å². The predicted molar refractivity (Wildman–Crippen MR) is 93.3 cm³/mol. The van der Waals surface area contributed by atoms with E-state index < -0.39 is 0 Å². The highest BCUT2D eigenvalue weighted by molar-refractivity contribution is 5.94. The maximum Gasteiger partial charge on any atom is 0.271 e. The lowest BCUT2D eigenvalue weighted by atomic mass is 10.0. The number of halogens is 1. The quantitative estimate of drug-likeness (QED) is 0.567. The third-order valence-electron chi connectivity index (χ3n) is 3.50. The first-order valence-electron chi connectivity index (χ1n) is 7.47. The molecule has 1 amide bonds. The van der Waals surface area contributed by atoms with Crippen LogP contribution in [0.4, 0.5) is 4.39 Å². The molecule has 0 aliphatic carbocycles. The van der Waals surface area contributed by atoms with Crippen LogP contribution < -0.4 is 5.43 Å². The van der Waals surface area contributed by atoms with Gasteiger partial charge in [-0.25, -0.2) is 9.82 Å². The maximum atomic E-state index is 12.8. The summed E-state index contributed by atoms with van der Waals surface area (Å²) < 4.78 is 12.8. The van der Waals surface area contributed by atoms with Crippen molar-refractivity contribution in [2.24, 2.45) is 5.10 Å². The zero-order chi connectivity index (χ0) is 16.8. The van der Waals surface area contributed by atoms with Crippen LogP contribution in [0.5, 0.6) is 0 Å². The number of carbonyl (C=O) groups is 1. The summed E-state index contributed by atoms with van der Waals surface area (Å²) in [6.07, 6.45) is 1.57. The van der Waals surface area contributed by atoms with Crippen molar-refractivity contribution in [3.63, 3.8) is 0 Å². The van der Waals surface area contributed by atoms with Gasteiger partial charge in [-0.1, -0.05) is 54.6 Å². The number of hydrogen-bond acceptors (Lipinski definition) is 2. The highest BCUT2D eigenvalue weighted by atomic mass is 19.1. The molecule has 0 bridgehead atoms. The Morgan fingerprint density at radius 3 is 2.12 bits per heavy atom. The fourth-order valence-corrected chi connectivity index (χ4v) is 2.22. The summed E-state index contributed by atoms with van der Waals surface area (Å²) in [5.41, 5.74) is 5.90. The molecule has 3 aromatic carbocycles. The van der Waals surface area contributed by atoms with Crippen LogP contribution in [0.15, 0.2) is 84.0 Å². The molecule has 0 aliphatic heterocycles. The molecule has 0 saturated carbocycles. The van der Waals surface area contributed by atoms with Crippen molar-refractivity contribution in [1.29, 1.82) is 0 Å². The van der Waals surface area contributed by atoms with Gasteiger partial charge in [0.25, 0.3) is 5.91 Å². The molecule has 0 radical (unpaired) electrons. The molecule has 0 unspecified atom stereocenters. The lowest BCUT2D eigenvalue weighted by molar-refractivity contribution is 0.0955. The maximum absolute atomic E-state index is 12.8. The second kappa shape index (κ2) is 7.33. The first-order valence-corrected chi connectivity index (χ1v) is 7.47. The Bertz CT molecular complexity index is 841. The van der Waals surface area contributed by atoms with Crippen molar-refractivity contribution in [3.05, 3.63) is 95.8 Å². The zero-order valence-corrected chi connectivity index (χ0v) is 12.8. The summed E-state index contributed by atoms with van der Waals surface area (Å²) in [7, 11) is 0. The zero-order valence-electron chi connectivity index (χ0n) is 12.8. The number of hydrogen-bond donors (Lipinski definition) is 1. The molecule has 0 fully saturated rings. The third-order valence-corrected chi connectivity index (χ3v) is 3.50. The van der Waals surface area contributed by atoms with Gasteiger partial charge >= 0.3 is 0 Å². The molecule has 0 atom stereocenters. The van der Waals surface area contributed by atoms with E-state index in [1.165, 1.54) is 24.3 Å². The molecule has 0 spiro atoms. The number of amides is 1. The summed E-state index contributed by atoms with van der Waals surface area (Å²) in [5, 5.41) is 3.92. The molecule has 3 rings (SSSR count). The lowest BCUT2D eigenvalue weighted by Crippen LogP contribution is -2.17. The third kappa shape index (κ3) is 3.93. The van der Waals surface area contributed by atoms with Crippen LogP contribution in [0.2, 0.25) is 0 Å². The van der Waals surface area contributed by atoms with Crippen molar-refractivity contribution in [2.45, 2.75) is 0 Å². The lowest BCUT2D eigenvalue weighted by Gasteiger charge is -2.02. The van der Waals surface area contributed by atoms with Crippen LogP contribution >= 0.6 is 0 Å². The van der Waals surface area contributed by atoms with Gasteiger partial charge < -0.3 is 0 Å². The Morgan fingerprint density at radius 1 is 0.833 bits per heavy atom. The van der Waals surface area contributed by atoms with Gasteiger partial charge in [-0.05, 0) is 41.0 Å². The van der Waals surface area contributed by atoms with Gasteiger partial charge in [0, 0.05) is 5.56 Å². The number of hydrazone groups is 1. The van der Waals surface area contributed by atoms with Crippen LogP contribution in [0.25, 0.3) is 11.1 Å². The monoisotopic (exact) mass is 318 g/mol. The topological polar surface area (TPSA) is 41.5 Å². The van der Waals surface area contributed by atoms with Crippen molar-refractivity contribution < 1.29 is 9.18 Å². The molecule has 118 valence electrons. The minimum absolute atomic E-state index is 0.355. The van der Waals surface area contributed by atoms with Crippen molar-refractivity contribution in [3.8, 4) is 11.1 Å². The number of rotatable bonds is 4. The van der Waals surface area contributed by atoms with Crippen molar-refractivity contribution in [1.82, 2.24) is 5.43 Å². The highest BCUT2D eigenvalue weighted by Gasteiger charge is 2.03. The first-order chi connectivity index (χ1) is 11.7. The molecule has 0 aromatic heterocycles. The fraction of sp³-hybridized carbons (Fsp3) is 0. The normalized spacial score (nSPS) is 10.7. The molecule has 24 heavy (non-hydrogen) atoms. The van der Waals surface area contributed by atoms with E-state index in [0.29, 0.717) is 5.56 Å². The van der Waals surface area contributed by atoms with Crippen molar-refractivity contribution in [2.75, 3.05) is 0 Å². The second-order valence-electron chi connectivity index (χ2n) is 5.19. The molecule has 1 N–H and O–H groups in total. The Balaban J connectivity index is 1.62. The standard InChI is InChI=1S/C20H15FN2O/c21-19-12-10-18(11-13-19)20(24)23-22-14-15-6-8-17(9-7-15)16-4-2-1-3-5-16/h1-14H,(H,23,24)/b22-14-. The number of benzene rings is 3. The first kappa shape index (κ1) is 15.6. The molecular weight excluding hydrogens is 303 g/mol. The summed E-state index contributed by atoms with van der Waals surface area (Å²) in [5.74, 6) is -0.763. The summed E-state index contributed by atoms with van der Waals surface area (Å²) in [6.45, 7) is 0. The van der Waals surface area contributed by atoms with Crippen LogP contribution in [-0.2, 0) is 0 Å². The Morgan fingerprint density at radius 2 is 1.46 bits per heavy atom. The van der Waals surface area contributed by atoms with E-state index in [9.17, 15) is 9.18 Å². The van der Waals surface area contributed by atoms with E-state index in [0.717, 1.165) is 16.7 Å². The molecule has 4 heteroatoms. The summed E-state index contributed by atoms with van der Waals surface area (Å²) >= 11 is 0. The number of nitrogens with zero attached hydrogens (tertiary/aromatic N) is 1. The minimum atomic E-state index is -0.382. The van der Waals surface area contributed by atoms with Crippen LogP contribution in [0, 0.1) is 5.82 Å². The molecule has 0 heterocycles. The van der Waals surface area contributed by atoms with Gasteiger partial charge in [0.2, 0.25) is 0 Å².